The molecule has 0 aromatic heterocycles. The summed E-state index contributed by atoms with van der Waals surface area (Å²) < 4.78 is 0. The SMILES string of the molecule is C#CCNC(=O)CN(C)C1CCC(C)(C)CC1. The second kappa shape index (κ2) is 6.07. The van der Waals surface area contributed by atoms with E-state index in [9.17, 15) is 4.79 Å². The zero-order chi connectivity index (χ0) is 12.9. The fraction of sp³-hybridized carbons (Fsp3) is 0.786. The van der Waals surface area contributed by atoms with Crippen LogP contribution in [0.3, 0.4) is 0 Å². The van der Waals surface area contributed by atoms with Crippen molar-refractivity contribution in [2.45, 2.75) is 45.6 Å². The van der Waals surface area contributed by atoms with Gasteiger partial charge in [-0.3, -0.25) is 9.69 Å². The Balaban J connectivity index is 2.32. The van der Waals surface area contributed by atoms with Crippen molar-refractivity contribution in [1.82, 2.24) is 10.2 Å². The van der Waals surface area contributed by atoms with Gasteiger partial charge in [-0.05, 0) is 38.1 Å². The molecule has 17 heavy (non-hydrogen) atoms. The molecule has 1 aliphatic carbocycles. The van der Waals surface area contributed by atoms with E-state index in [1.807, 2.05) is 7.05 Å². The highest BCUT2D eigenvalue weighted by atomic mass is 16.2. The molecule has 0 radical (unpaired) electrons. The lowest BCUT2D eigenvalue weighted by Gasteiger charge is -2.38. The van der Waals surface area contributed by atoms with Crippen molar-refractivity contribution in [2.75, 3.05) is 20.1 Å². The Kier molecular flexibility index (Phi) is 5.02. The maximum Gasteiger partial charge on any atom is 0.234 e. The van der Waals surface area contributed by atoms with Crippen LogP contribution >= 0.6 is 0 Å². The third kappa shape index (κ3) is 4.79. The molecule has 1 aliphatic rings. The first-order valence-electron chi connectivity index (χ1n) is 6.35. The third-order valence-corrected chi connectivity index (χ3v) is 3.71. The van der Waals surface area contributed by atoms with Gasteiger partial charge in [0.2, 0.25) is 5.91 Å². The minimum Gasteiger partial charge on any atom is -0.344 e. The summed E-state index contributed by atoms with van der Waals surface area (Å²) >= 11 is 0. The number of terminal acetylenes is 1. The van der Waals surface area contributed by atoms with Crippen molar-refractivity contribution >= 4 is 5.91 Å². The van der Waals surface area contributed by atoms with Crippen LogP contribution < -0.4 is 5.32 Å². The topological polar surface area (TPSA) is 32.3 Å². The van der Waals surface area contributed by atoms with Crippen molar-refractivity contribution in [3.8, 4) is 12.3 Å². The van der Waals surface area contributed by atoms with Gasteiger partial charge in [0.15, 0.2) is 0 Å². The van der Waals surface area contributed by atoms with Crippen LogP contribution in [-0.4, -0.2) is 37.0 Å². The Morgan fingerprint density at radius 2 is 2.06 bits per heavy atom. The molecule has 0 bridgehead atoms. The van der Waals surface area contributed by atoms with E-state index < -0.39 is 0 Å². The smallest absolute Gasteiger partial charge is 0.234 e. The monoisotopic (exact) mass is 236 g/mol. The van der Waals surface area contributed by atoms with E-state index in [1.54, 1.807) is 0 Å². The number of hydrogen-bond donors (Lipinski definition) is 1. The fourth-order valence-electron chi connectivity index (χ4n) is 2.39. The van der Waals surface area contributed by atoms with E-state index in [-0.39, 0.29) is 5.91 Å². The molecule has 0 aromatic rings. The Bertz CT molecular complexity index is 294. The highest BCUT2D eigenvalue weighted by Crippen LogP contribution is 2.36. The average molecular weight is 236 g/mol. The van der Waals surface area contributed by atoms with Crippen LogP contribution in [0.15, 0.2) is 0 Å². The zero-order valence-electron chi connectivity index (χ0n) is 11.3. The van der Waals surface area contributed by atoms with Gasteiger partial charge in [0, 0.05) is 6.04 Å². The summed E-state index contributed by atoms with van der Waals surface area (Å²) in [6, 6.07) is 0.541. The van der Waals surface area contributed by atoms with Gasteiger partial charge in [-0.2, -0.15) is 0 Å². The minimum absolute atomic E-state index is 0.0234. The molecule has 3 heteroatoms. The molecule has 0 saturated heterocycles. The molecular weight excluding hydrogens is 212 g/mol. The van der Waals surface area contributed by atoms with Gasteiger partial charge in [0.05, 0.1) is 13.1 Å². The number of nitrogens with one attached hydrogen (secondary N) is 1. The van der Waals surface area contributed by atoms with Crippen LogP contribution in [-0.2, 0) is 4.79 Å². The van der Waals surface area contributed by atoms with Gasteiger partial charge in [-0.25, -0.2) is 0 Å². The van der Waals surface area contributed by atoms with Crippen LogP contribution in [0.25, 0.3) is 0 Å². The van der Waals surface area contributed by atoms with Gasteiger partial charge >= 0.3 is 0 Å². The first-order valence-corrected chi connectivity index (χ1v) is 6.35. The average Bonchev–Trinajstić information content (AvgIpc) is 2.26. The Labute approximate surface area is 105 Å². The van der Waals surface area contributed by atoms with E-state index in [4.69, 9.17) is 6.42 Å². The molecule has 0 atom stereocenters. The first kappa shape index (κ1) is 14.1. The van der Waals surface area contributed by atoms with Crippen molar-refractivity contribution in [1.29, 1.82) is 0 Å². The molecule has 1 fully saturated rings. The Morgan fingerprint density at radius 1 is 1.47 bits per heavy atom. The van der Waals surface area contributed by atoms with E-state index in [0.717, 1.165) is 0 Å². The molecule has 1 amide bonds. The molecule has 96 valence electrons. The summed E-state index contributed by atoms with van der Waals surface area (Å²) in [5.74, 6) is 2.44. The number of nitrogens with zero attached hydrogens (tertiary/aromatic N) is 1. The van der Waals surface area contributed by atoms with Gasteiger partial charge in [-0.1, -0.05) is 19.8 Å². The lowest BCUT2D eigenvalue weighted by Crippen LogP contribution is -2.43. The molecule has 1 saturated carbocycles. The number of amides is 1. The number of carbonyl (C=O) groups excluding carboxylic acids is 1. The number of carbonyl (C=O) groups is 1. The number of hydrogen-bond acceptors (Lipinski definition) is 2. The predicted molar refractivity (Wildman–Crippen MR) is 70.5 cm³/mol. The summed E-state index contributed by atoms with van der Waals surface area (Å²) in [5, 5.41) is 2.70. The third-order valence-electron chi connectivity index (χ3n) is 3.71. The second-order valence-corrected chi connectivity index (χ2v) is 5.79. The van der Waals surface area contributed by atoms with Gasteiger partial charge < -0.3 is 5.32 Å². The minimum atomic E-state index is 0.0234. The predicted octanol–water partition coefficient (Wildman–Crippen LogP) is 1.64. The van der Waals surface area contributed by atoms with E-state index in [1.165, 1.54) is 25.7 Å². The Hall–Kier alpha value is -1.01. The lowest BCUT2D eigenvalue weighted by molar-refractivity contribution is -0.122. The van der Waals surface area contributed by atoms with Crippen molar-refractivity contribution in [2.24, 2.45) is 5.41 Å². The fourth-order valence-corrected chi connectivity index (χ4v) is 2.39. The Morgan fingerprint density at radius 3 is 2.59 bits per heavy atom. The number of likely N-dealkylation sites (N-methyl/N-ethyl adjacent to an activating group) is 1. The molecule has 0 spiro atoms. The van der Waals surface area contributed by atoms with Crippen LogP contribution in [0.1, 0.15) is 39.5 Å². The van der Waals surface area contributed by atoms with E-state index in [0.29, 0.717) is 24.5 Å². The summed E-state index contributed by atoms with van der Waals surface area (Å²) in [7, 11) is 2.03. The summed E-state index contributed by atoms with van der Waals surface area (Å²) in [5.41, 5.74) is 0.475. The quantitative estimate of drug-likeness (QED) is 0.753. The standard InChI is InChI=1S/C14H24N2O/c1-5-10-15-13(17)11-16(4)12-6-8-14(2,3)9-7-12/h1,12H,6-11H2,2-4H3,(H,15,17). The van der Waals surface area contributed by atoms with Gasteiger partial charge in [-0.15, -0.1) is 6.42 Å². The molecule has 1 rings (SSSR count). The molecule has 0 heterocycles. The highest BCUT2D eigenvalue weighted by Gasteiger charge is 2.29. The molecule has 0 aromatic carbocycles. The summed E-state index contributed by atoms with van der Waals surface area (Å²) in [4.78, 5) is 13.7. The molecule has 0 unspecified atom stereocenters. The van der Waals surface area contributed by atoms with Crippen molar-refractivity contribution in [3.63, 3.8) is 0 Å². The van der Waals surface area contributed by atoms with Crippen LogP contribution in [0.5, 0.6) is 0 Å². The van der Waals surface area contributed by atoms with E-state index in [2.05, 4.69) is 30.0 Å². The van der Waals surface area contributed by atoms with E-state index >= 15 is 0 Å². The van der Waals surface area contributed by atoms with Crippen LogP contribution in [0.2, 0.25) is 0 Å². The molecule has 0 aliphatic heterocycles. The largest absolute Gasteiger partial charge is 0.344 e. The molecule has 3 nitrogen and oxygen atoms in total. The molecule has 1 N–H and O–H groups in total. The maximum atomic E-state index is 11.5. The first-order chi connectivity index (χ1) is 7.94. The zero-order valence-corrected chi connectivity index (χ0v) is 11.3. The normalized spacial score (nSPS) is 19.9. The summed E-state index contributed by atoms with van der Waals surface area (Å²) in [6.07, 6.45) is 9.96. The highest BCUT2D eigenvalue weighted by molar-refractivity contribution is 5.78. The lowest BCUT2D eigenvalue weighted by atomic mass is 9.75. The van der Waals surface area contributed by atoms with Crippen molar-refractivity contribution in [3.05, 3.63) is 0 Å². The van der Waals surface area contributed by atoms with Crippen LogP contribution in [0.4, 0.5) is 0 Å². The molecular formula is C14H24N2O. The number of rotatable bonds is 4. The second-order valence-electron chi connectivity index (χ2n) is 5.79. The maximum absolute atomic E-state index is 11.5. The van der Waals surface area contributed by atoms with Gasteiger partial charge in [0.1, 0.15) is 0 Å². The van der Waals surface area contributed by atoms with Crippen molar-refractivity contribution < 1.29 is 4.79 Å². The summed E-state index contributed by atoms with van der Waals surface area (Å²) in [6.45, 7) is 5.42. The van der Waals surface area contributed by atoms with Crippen LogP contribution in [0, 0.1) is 17.8 Å². The van der Waals surface area contributed by atoms with Gasteiger partial charge in [0.25, 0.3) is 0 Å².